The average Bonchev–Trinajstić information content (AvgIpc) is 3.14. The van der Waals surface area contributed by atoms with E-state index in [9.17, 15) is 13.2 Å². The normalized spacial score (nSPS) is 11.4. The van der Waals surface area contributed by atoms with Gasteiger partial charge in [0.15, 0.2) is 5.16 Å². The van der Waals surface area contributed by atoms with Gasteiger partial charge in [-0.15, -0.1) is 0 Å². The SMILES string of the molecule is CCN(CC)S(=O)(=O)c1ccc2c(c1)nc(SCC(=O)N(CCC#N)CCC#N)n2CC. The Hall–Kier alpha value is -2.60. The lowest BCUT2D eigenvalue weighted by Gasteiger charge is -2.20. The van der Waals surface area contributed by atoms with Crippen molar-refractivity contribution in [1.29, 1.82) is 10.5 Å². The first kappa shape index (κ1) is 25.7. The van der Waals surface area contributed by atoms with Gasteiger partial charge in [-0.3, -0.25) is 4.79 Å². The first-order chi connectivity index (χ1) is 15.3. The Kier molecular flexibility index (Phi) is 9.51. The minimum absolute atomic E-state index is 0.116. The number of sulfonamides is 1. The van der Waals surface area contributed by atoms with Gasteiger partial charge in [-0.1, -0.05) is 25.6 Å². The Labute approximate surface area is 193 Å². The van der Waals surface area contributed by atoms with Gasteiger partial charge in [-0.25, -0.2) is 13.4 Å². The van der Waals surface area contributed by atoms with Crippen molar-refractivity contribution in [1.82, 2.24) is 18.8 Å². The second-order valence-electron chi connectivity index (χ2n) is 6.86. The number of carbonyl (C=O) groups is 1. The Bertz CT molecular complexity index is 1110. The lowest BCUT2D eigenvalue weighted by molar-refractivity contribution is -0.128. The van der Waals surface area contributed by atoms with Crippen LogP contribution in [0.4, 0.5) is 0 Å². The van der Waals surface area contributed by atoms with Gasteiger partial charge in [-0.05, 0) is 25.1 Å². The van der Waals surface area contributed by atoms with Gasteiger partial charge in [0, 0.05) is 32.7 Å². The van der Waals surface area contributed by atoms with Crippen molar-refractivity contribution in [3.63, 3.8) is 0 Å². The smallest absolute Gasteiger partial charge is 0.243 e. The summed E-state index contributed by atoms with van der Waals surface area (Å²) in [7, 11) is -3.59. The second kappa shape index (κ2) is 11.9. The molecule has 0 spiro atoms. The first-order valence-electron chi connectivity index (χ1n) is 10.5. The largest absolute Gasteiger partial charge is 0.340 e. The van der Waals surface area contributed by atoms with Crippen LogP contribution in [0.25, 0.3) is 11.0 Å². The Morgan fingerprint density at radius 3 is 2.28 bits per heavy atom. The third kappa shape index (κ3) is 5.80. The summed E-state index contributed by atoms with van der Waals surface area (Å²) in [5, 5.41) is 18.2. The minimum Gasteiger partial charge on any atom is -0.340 e. The Morgan fingerprint density at radius 2 is 1.75 bits per heavy atom. The third-order valence-electron chi connectivity index (χ3n) is 5.01. The van der Waals surface area contributed by atoms with Crippen LogP contribution in [0.2, 0.25) is 0 Å². The maximum absolute atomic E-state index is 12.9. The highest BCUT2D eigenvalue weighted by Gasteiger charge is 2.23. The lowest BCUT2D eigenvalue weighted by Crippen LogP contribution is -2.34. The van der Waals surface area contributed by atoms with Crippen molar-refractivity contribution in [3.05, 3.63) is 18.2 Å². The van der Waals surface area contributed by atoms with Gasteiger partial charge >= 0.3 is 0 Å². The number of benzene rings is 1. The van der Waals surface area contributed by atoms with Crippen LogP contribution in [-0.4, -0.2) is 65.0 Å². The molecule has 0 saturated carbocycles. The fourth-order valence-electron chi connectivity index (χ4n) is 3.33. The predicted molar refractivity (Wildman–Crippen MR) is 123 cm³/mol. The molecule has 0 atom stereocenters. The molecule has 2 rings (SSSR count). The molecule has 1 aromatic carbocycles. The zero-order valence-corrected chi connectivity index (χ0v) is 20.2. The Morgan fingerprint density at radius 1 is 1.12 bits per heavy atom. The van der Waals surface area contributed by atoms with Crippen molar-refractivity contribution < 1.29 is 13.2 Å². The molecule has 0 aliphatic rings. The fraction of sp³-hybridized carbons (Fsp3) is 0.524. The molecule has 0 unspecified atom stereocenters. The van der Waals surface area contributed by atoms with E-state index in [4.69, 9.17) is 10.5 Å². The van der Waals surface area contributed by atoms with Crippen LogP contribution < -0.4 is 0 Å². The van der Waals surface area contributed by atoms with Gasteiger partial charge in [0.1, 0.15) is 0 Å². The molecule has 9 nitrogen and oxygen atoms in total. The van der Waals surface area contributed by atoms with Crippen LogP contribution in [0.5, 0.6) is 0 Å². The van der Waals surface area contributed by atoms with E-state index in [1.807, 2.05) is 23.6 Å². The van der Waals surface area contributed by atoms with Crippen LogP contribution in [0.15, 0.2) is 28.3 Å². The molecular formula is C21H28N6O3S2. The van der Waals surface area contributed by atoms with Crippen molar-refractivity contribution in [2.45, 2.75) is 50.2 Å². The maximum Gasteiger partial charge on any atom is 0.243 e. The number of amides is 1. The summed E-state index contributed by atoms with van der Waals surface area (Å²) in [6, 6.07) is 8.96. The molecule has 32 heavy (non-hydrogen) atoms. The number of aromatic nitrogens is 2. The summed E-state index contributed by atoms with van der Waals surface area (Å²) in [6.45, 7) is 7.51. The molecular weight excluding hydrogens is 448 g/mol. The molecule has 1 heterocycles. The highest BCUT2D eigenvalue weighted by atomic mass is 32.2. The van der Waals surface area contributed by atoms with Gasteiger partial charge in [0.2, 0.25) is 15.9 Å². The minimum atomic E-state index is -3.59. The molecule has 1 amide bonds. The summed E-state index contributed by atoms with van der Waals surface area (Å²) in [6.07, 6.45) is 0.415. The number of aryl methyl sites for hydroxylation is 1. The van der Waals surface area contributed by atoms with Crippen LogP contribution in [0.1, 0.15) is 33.6 Å². The van der Waals surface area contributed by atoms with Gasteiger partial charge in [0.05, 0.1) is 46.7 Å². The number of nitriles is 2. The number of imidazole rings is 1. The van der Waals surface area contributed by atoms with Crippen LogP contribution >= 0.6 is 11.8 Å². The third-order valence-corrected chi connectivity index (χ3v) is 8.02. The van der Waals surface area contributed by atoms with E-state index in [0.717, 1.165) is 5.52 Å². The standard InChI is InChI=1S/C21H28N6O3S2/c1-4-26(5-2)32(29,30)17-9-10-19-18(15-17)24-21(27(19)6-3)31-16-20(28)25(13-7-11-22)14-8-12-23/h9-10,15H,4-8,13-14,16H2,1-3H3. The van der Waals surface area contributed by atoms with Gasteiger partial charge < -0.3 is 9.47 Å². The van der Waals surface area contributed by atoms with E-state index in [2.05, 4.69) is 4.98 Å². The molecule has 0 aliphatic heterocycles. The van der Waals surface area contributed by atoms with Crippen molar-refractivity contribution in [2.75, 3.05) is 31.9 Å². The van der Waals surface area contributed by atoms with Crippen molar-refractivity contribution >= 4 is 38.7 Å². The monoisotopic (exact) mass is 476 g/mol. The first-order valence-corrected chi connectivity index (χ1v) is 12.9. The molecule has 0 fully saturated rings. The molecule has 0 N–H and O–H groups in total. The molecule has 172 valence electrons. The van der Waals surface area contributed by atoms with E-state index < -0.39 is 10.0 Å². The topological polar surface area (TPSA) is 123 Å². The number of thioether (sulfide) groups is 1. The van der Waals surface area contributed by atoms with E-state index in [-0.39, 0.29) is 42.5 Å². The number of hydrogen-bond donors (Lipinski definition) is 0. The average molecular weight is 477 g/mol. The zero-order chi connectivity index (χ0) is 23.7. The van der Waals surface area contributed by atoms with Gasteiger partial charge in [0.25, 0.3) is 0 Å². The summed E-state index contributed by atoms with van der Waals surface area (Å²) < 4.78 is 29.0. The maximum atomic E-state index is 12.9. The lowest BCUT2D eigenvalue weighted by atomic mass is 10.3. The molecule has 0 bridgehead atoms. The number of hydrogen-bond acceptors (Lipinski definition) is 7. The molecule has 0 aliphatic carbocycles. The number of carbonyl (C=O) groups excluding carboxylic acids is 1. The van der Waals surface area contributed by atoms with Crippen LogP contribution in [-0.2, 0) is 21.4 Å². The second-order valence-corrected chi connectivity index (χ2v) is 9.74. The summed E-state index contributed by atoms with van der Waals surface area (Å²) >= 11 is 1.26. The van der Waals surface area contributed by atoms with Crippen molar-refractivity contribution in [3.8, 4) is 12.1 Å². The number of nitrogens with zero attached hydrogens (tertiary/aromatic N) is 6. The molecule has 0 saturated heterocycles. The van der Waals surface area contributed by atoms with E-state index >= 15 is 0 Å². The van der Waals surface area contributed by atoms with E-state index in [1.54, 1.807) is 32.0 Å². The Balaban J connectivity index is 2.28. The zero-order valence-electron chi connectivity index (χ0n) is 18.6. The molecule has 2 aromatic rings. The summed E-state index contributed by atoms with van der Waals surface area (Å²) in [4.78, 5) is 18.9. The van der Waals surface area contributed by atoms with Crippen LogP contribution in [0.3, 0.4) is 0 Å². The summed E-state index contributed by atoms with van der Waals surface area (Å²) in [5.41, 5.74) is 1.35. The molecule has 0 radical (unpaired) electrons. The fourth-order valence-corrected chi connectivity index (χ4v) is 5.78. The summed E-state index contributed by atoms with van der Waals surface area (Å²) in [5.74, 6) is -0.0508. The van der Waals surface area contributed by atoms with Crippen molar-refractivity contribution in [2.24, 2.45) is 0 Å². The highest BCUT2D eigenvalue weighted by Crippen LogP contribution is 2.27. The molecule has 11 heteroatoms. The number of rotatable bonds is 12. The van der Waals surface area contributed by atoms with E-state index in [0.29, 0.717) is 30.3 Å². The van der Waals surface area contributed by atoms with E-state index in [1.165, 1.54) is 21.0 Å². The van der Waals surface area contributed by atoms with Crippen LogP contribution in [0, 0.1) is 22.7 Å². The number of fused-ring (bicyclic) bond motifs is 1. The molecule has 1 aromatic heterocycles. The highest BCUT2D eigenvalue weighted by molar-refractivity contribution is 7.99. The predicted octanol–water partition coefficient (Wildman–Crippen LogP) is 2.83. The van der Waals surface area contributed by atoms with Gasteiger partial charge in [-0.2, -0.15) is 14.8 Å². The quantitative estimate of drug-likeness (QED) is 0.432.